The van der Waals surface area contributed by atoms with E-state index in [9.17, 15) is 0 Å². The SMILES string of the molecule is CCOCCCC1CC(C)C1. The van der Waals surface area contributed by atoms with Gasteiger partial charge in [0.05, 0.1) is 0 Å². The maximum Gasteiger partial charge on any atom is 0.0465 e. The summed E-state index contributed by atoms with van der Waals surface area (Å²) in [5, 5.41) is 0. The smallest absolute Gasteiger partial charge is 0.0465 e. The van der Waals surface area contributed by atoms with Crippen LogP contribution in [0.1, 0.15) is 39.5 Å². The molecule has 0 bridgehead atoms. The quantitative estimate of drug-likeness (QED) is 0.556. The van der Waals surface area contributed by atoms with Gasteiger partial charge in [0.25, 0.3) is 0 Å². The molecule has 1 aliphatic rings. The van der Waals surface area contributed by atoms with Gasteiger partial charge in [0, 0.05) is 13.2 Å². The zero-order valence-electron chi connectivity index (χ0n) is 7.81. The molecule has 0 aliphatic heterocycles. The second-order valence-electron chi connectivity index (χ2n) is 3.78. The second kappa shape index (κ2) is 4.76. The van der Waals surface area contributed by atoms with Gasteiger partial charge in [-0.05, 0) is 44.4 Å². The highest BCUT2D eigenvalue weighted by molar-refractivity contribution is 4.75. The van der Waals surface area contributed by atoms with Gasteiger partial charge in [-0.25, -0.2) is 0 Å². The summed E-state index contributed by atoms with van der Waals surface area (Å²) in [6.45, 7) is 6.26. The van der Waals surface area contributed by atoms with Gasteiger partial charge in [0.2, 0.25) is 0 Å². The van der Waals surface area contributed by atoms with Gasteiger partial charge < -0.3 is 4.74 Å². The van der Waals surface area contributed by atoms with E-state index in [4.69, 9.17) is 4.74 Å². The van der Waals surface area contributed by atoms with Crippen LogP contribution in [0.15, 0.2) is 0 Å². The van der Waals surface area contributed by atoms with Crippen LogP contribution in [0.3, 0.4) is 0 Å². The molecule has 11 heavy (non-hydrogen) atoms. The van der Waals surface area contributed by atoms with Crippen LogP contribution in [0.2, 0.25) is 0 Å². The van der Waals surface area contributed by atoms with E-state index in [-0.39, 0.29) is 0 Å². The van der Waals surface area contributed by atoms with E-state index in [1.165, 1.54) is 25.7 Å². The monoisotopic (exact) mass is 156 g/mol. The van der Waals surface area contributed by atoms with Crippen molar-refractivity contribution in [2.24, 2.45) is 11.8 Å². The van der Waals surface area contributed by atoms with Crippen molar-refractivity contribution in [3.63, 3.8) is 0 Å². The first-order chi connectivity index (χ1) is 5.33. The van der Waals surface area contributed by atoms with E-state index in [1.807, 2.05) is 0 Å². The molecule has 0 atom stereocenters. The lowest BCUT2D eigenvalue weighted by Crippen LogP contribution is -2.21. The van der Waals surface area contributed by atoms with E-state index in [0.29, 0.717) is 0 Å². The van der Waals surface area contributed by atoms with Crippen molar-refractivity contribution in [3.8, 4) is 0 Å². The molecule has 0 aromatic carbocycles. The highest BCUT2D eigenvalue weighted by atomic mass is 16.5. The Morgan fingerprint density at radius 2 is 2.09 bits per heavy atom. The lowest BCUT2D eigenvalue weighted by atomic mass is 9.74. The Morgan fingerprint density at radius 1 is 1.36 bits per heavy atom. The molecule has 0 N–H and O–H groups in total. The van der Waals surface area contributed by atoms with Crippen molar-refractivity contribution in [1.82, 2.24) is 0 Å². The Labute approximate surface area is 70.1 Å². The number of ether oxygens (including phenoxy) is 1. The minimum absolute atomic E-state index is 0.876. The Morgan fingerprint density at radius 3 is 2.64 bits per heavy atom. The van der Waals surface area contributed by atoms with Crippen LogP contribution in [0.4, 0.5) is 0 Å². The minimum Gasteiger partial charge on any atom is -0.382 e. The summed E-state index contributed by atoms with van der Waals surface area (Å²) < 4.78 is 5.28. The summed E-state index contributed by atoms with van der Waals surface area (Å²) in [7, 11) is 0. The fraction of sp³-hybridized carbons (Fsp3) is 1.00. The van der Waals surface area contributed by atoms with E-state index in [2.05, 4.69) is 13.8 Å². The Balaban J connectivity index is 1.81. The highest BCUT2D eigenvalue weighted by Gasteiger charge is 2.24. The van der Waals surface area contributed by atoms with Crippen molar-refractivity contribution in [1.29, 1.82) is 0 Å². The summed E-state index contributed by atoms with van der Waals surface area (Å²) in [5.74, 6) is 2.04. The average Bonchev–Trinajstić information content (AvgIpc) is 1.94. The molecule has 0 radical (unpaired) electrons. The Hall–Kier alpha value is -0.0400. The average molecular weight is 156 g/mol. The van der Waals surface area contributed by atoms with Gasteiger partial charge in [-0.2, -0.15) is 0 Å². The molecule has 0 spiro atoms. The molecule has 1 aliphatic carbocycles. The summed E-state index contributed by atoms with van der Waals surface area (Å²) in [5.41, 5.74) is 0. The third kappa shape index (κ3) is 3.24. The van der Waals surface area contributed by atoms with Crippen molar-refractivity contribution >= 4 is 0 Å². The summed E-state index contributed by atoms with van der Waals surface area (Å²) in [4.78, 5) is 0. The molecule has 0 heterocycles. The Bertz CT molecular complexity index is 95.0. The minimum atomic E-state index is 0.876. The molecule has 0 unspecified atom stereocenters. The lowest BCUT2D eigenvalue weighted by Gasteiger charge is -2.32. The van der Waals surface area contributed by atoms with Gasteiger partial charge in [-0.15, -0.1) is 0 Å². The first kappa shape index (κ1) is 9.05. The number of hydrogen-bond acceptors (Lipinski definition) is 1. The van der Waals surface area contributed by atoms with Gasteiger partial charge >= 0.3 is 0 Å². The molecule has 0 saturated heterocycles. The van der Waals surface area contributed by atoms with E-state index in [0.717, 1.165) is 25.0 Å². The van der Waals surface area contributed by atoms with Crippen molar-refractivity contribution in [2.45, 2.75) is 39.5 Å². The molecule has 1 saturated carbocycles. The fourth-order valence-corrected chi connectivity index (χ4v) is 1.92. The maximum absolute atomic E-state index is 5.28. The van der Waals surface area contributed by atoms with E-state index < -0.39 is 0 Å². The largest absolute Gasteiger partial charge is 0.382 e. The van der Waals surface area contributed by atoms with Crippen LogP contribution >= 0.6 is 0 Å². The summed E-state index contributed by atoms with van der Waals surface area (Å²) >= 11 is 0. The lowest BCUT2D eigenvalue weighted by molar-refractivity contribution is 0.123. The number of hydrogen-bond donors (Lipinski definition) is 0. The molecule has 0 aromatic heterocycles. The third-order valence-corrected chi connectivity index (χ3v) is 2.58. The second-order valence-corrected chi connectivity index (χ2v) is 3.78. The molecule has 1 rings (SSSR count). The number of rotatable bonds is 5. The first-order valence-corrected chi connectivity index (χ1v) is 4.90. The zero-order valence-corrected chi connectivity index (χ0v) is 7.81. The van der Waals surface area contributed by atoms with Crippen LogP contribution in [-0.4, -0.2) is 13.2 Å². The standard InChI is InChI=1S/C10H20O/c1-3-11-6-4-5-10-7-9(2)8-10/h9-10H,3-8H2,1-2H3. The van der Waals surface area contributed by atoms with Crippen LogP contribution < -0.4 is 0 Å². The topological polar surface area (TPSA) is 9.23 Å². The zero-order chi connectivity index (χ0) is 8.10. The molecule has 66 valence electrons. The third-order valence-electron chi connectivity index (χ3n) is 2.58. The molecular formula is C10H20O. The highest BCUT2D eigenvalue weighted by Crippen LogP contribution is 2.35. The van der Waals surface area contributed by atoms with E-state index >= 15 is 0 Å². The van der Waals surface area contributed by atoms with Crippen LogP contribution in [0.25, 0.3) is 0 Å². The predicted octanol–water partition coefficient (Wildman–Crippen LogP) is 2.85. The predicted molar refractivity (Wildman–Crippen MR) is 47.6 cm³/mol. The molecule has 1 heteroatoms. The molecular weight excluding hydrogens is 136 g/mol. The van der Waals surface area contributed by atoms with Gasteiger partial charge in [0.1, 0.15) is 0 Å². The molecule has 0 amide bonds. The van der Waals surface area contributed by atoms with Crippen LogP contribution in [0, 0.1) is 11.8 Å². The van der Waals surface area contributed by atoms with Crippen LogP contribution in [0.5, 0.6) is 0 Å². The maximum atomic E-state index is 5.28. The van der Waals surface area contributed by atoms with Gasteiger partial charge in [-0.3, -0.25) is 0 Å². The summed E-state index contributed by atoms with van der Waals surface area (Å²) in [6.07, 6.45) is 5.59. The summed E-state index contributed by atoms with van der Waals surface area (Å²) in [6, 6.07) is 0. The van der Waals surface area contributed by atoms with Crippen LogP contribution in [-0.2, 0) is 4.74 Å². The molecule has 1 nitrogen and oxygen atoms in total. The van der Waals surface area contributed by atoms with Crippen molar-refractivity contribution < 1.29 is 4.74 Å². The molecule has 1 fully saturated rings. The molecule has 0 aromatic rings. The fourth-order valence-electron chi connectivity index (χ4n) is 1.92. The van der Waals surface area contributed by atoms with Crippen molar-refractivity contribution in [3.05, 3.63) is 0 Å². The first-order valence-electron chi connectivity index (χ1n) is 4.90. The normalized spacial score (nSPS) is 30.0. The van der Waals surface area contributed by atoms with E-state index in [1.54, 1.807) is 0 Å². The van der Waals surface area contributed by atoms with Gasteiger partial charge in [0.15, 0.2) is 0 Å². The Kier molecular flexibility index (Phi) is 3.92. The van der Waals surface area contributed by atoms with Gasteiger partial charge in [-0.1, -0.05) is 6.92 Å². The van der Waals surface area contributed by atoms with Crippen molar-refractivity contribution in [2.75, 3.05) is 13.2 Å².